The number of ether oxygens (including phenoxy) is 1. The third kappa shape index (κ3) is 6.34. The van der Waals surface area contributed by atoms with Crippen LogP contribution < -0.4 is 10.1 Å². The molecule has 1 N–H and O–H groups in total. The number of benzene rings is 2. The molecule has 0 radical (unpaired) electrons. The van der Waals surface area contributed by atoms with E-state index in [1.807, 2.05) is 18.2 Å². The molecule has 0 saturated heterocycles. The number of nitrogens with one attached hydrogen (secondary N) is 1. The molecule has 0 aliphatic heterocycles. The maximum atomic E-state index is 11.7. The molecular weight excluding hydrogens is 353 g/mol. The summed E-state index contributed by atoms with van der Waals surface area (Å²) in [6.07, 6.45) is 0. The molecule has 2 aromatic rings. The number of hydrogen-bond donors (Lipinski definition) is 1. The summed E-state index contributed by atoms with van der Waals surface area (Å²) in [5.74, 6) is 2.01. The van der Waals surface area contributed by atoms with Gasteiger partial charge in [-0.1, -0.05) is 59.6 Å². The lowest BCUT2D eigenvalue weighted by atomic mass is 10.2. The summed E-state index contributed by atoms with van der Waals surface area (Å²) >= 11 is 13.6. The third-order valence-electron chi connectivity index (χ3n) is 2.96. The second kappa shape index (κ2) is 9.71. The van der Waals surface area contributed by atoms with Crippen molar-refractivity contribution in [3.05, 3.63) is 64.1 Å². The molecule has 0 fully saturated rings. The van der Waals surface area contributed by atoms with Crippen molar-refractivity contribution >= 4 is 40.9 Å². The Labute approximate surface area is 150 Å². The van der Waals surface area contributed by atoms with Crippen LogP contribution in [0.15, 0.2) is 48.5 Å². The fourth-order valence-electron chi connectivity index (χ4n) is 1.82. The average Bonchev–Trinajstić information content (AvgIpc) is 2.57. The Morgan fingerprint density at radius 1 is 1.09 bits per heavy atom. The van der Waals surface area contributed by atoms with Gasteiger partial charge in [-0.3, -0.25) is 4.79 Å². The Balaban J connectivity index is 1.61. The highest BCUT2D eigenvalue weighted by molar-refractivity contribution is 7.98. The van der Waals surface area contributed by atoms with Crippen LogP contribution >= 0.6 is 35.0 Å². The standard InChI is InChI=1S/C17H17Cl2NO2S/c18-14-7-4-8-15(17(14)19)22-11-16(21)20-9-10-23-12-13-5-2-1-3-6-13/h1-8H,9-12H2,(H,20,21). The quantitative estimate of drug-likeness (QED) is 0.699. The molecule has 6 heteroatoms. The van der Waals surface area contributed by atoms with Gasteiger partial charge in [0.05, 0.1) is 5.02 Å². The molecular formula is C17H17Cl2NO2S. The molecule has 0 bridgehead atoms. The summed E-state index contributed by atoms with van der Waals surface area (Å²) < 4.78 is 5.37. The fraction of sp³-hybridized carbons (Fsp3) is 0.235. The van der Waals surface area contributed by atoms with Gasteiger partial charge in [-0.25, -0.2) is 0 Å². The molecule has 2 aromatic carbocycles. The Hall–Kier alpha value is -1.36. The van der Waals surface area contributed by atoms with E-state index in [9.17, 15) is 4.79 Å². The summed E-state index contributed by atoms with van der Waals surface area (Å²) in [7, 11) is 0. The highest BCUT2D eigenvalue weighted by Gasteiger charge is 2.07. The van der Waals surface area contributed by atoms with Gasteiger partial charge < -0.3 is 10.1 Å². The van der Waals surface area contributed by atoms with Crippen molar-refractivity contribution in [2.45, 2.75) is 5.75 Å². The summed E-state index contributed by atoms with van der Waals surface area (Å²) in [6, 6.07) is 15.3. The van der Waals surface area contributed by atoms with E-state index in [1.54, 1.807) is 30.0 Å². The van der Waals surface area contributed by atoms with Gasteiger partial charge in [-0.05, 0) is 17.7 Å². The van der Waals surface area contributed by atoms with E-state index in [0.717, 1.165) is 11.5 Å². The average molecular weight is 370 g/mol. The first-order chi connectivity index (χ1) is 11.2. The van der Waals surface area contributed by atoms with E-state index in [0.29, 0.717) is 22.3 Å². The molecule has 0 spiro atoms. The first-order valence-electron chi connectivity index (χ1n) is 7.12. The predicted octanol–water partition coefficient (Wildman–Crippen LogP) is 4.42. The van der Waals surface area contributed by atoms with E-state index in [-0.39, 0.29) is 12.5 Å². The van der Waals surface area contributed by atoms with Crippen molar-refractivity contribution in [1.82, 2.24) is 5.32 Å². The maximum Gasteiger partial charge on any atom is 0.257 e. The molecule has 2 rings (SSSR count). The van der Waals surface area contributed by atoms with Gasteiger partial charge in [0, 0.05) is 18.1 Å². The number of hydrogen-bond acceptors (Lipinski definition) is 3. The summed E-state index contributed by atoms with van der Waals surface area (Å²) in [6.45, 7) is 0.520. The molecule has 0 aromatic heterocycles. The highest BCUT2D eigenvalue weighted by atomic mass is 35.5. The summed E-state index contributed by atoms with van der Waals surface area (Å²) in [5, 5.41) is 3.54. The van der Waals surface area contributed by atoms with Crippen molar-refractivity contribution in [2.75, 3.05) is 18.9 Å². The number of thioether (sulfide) groups is 1. The third-order valence-corrected chi connectivity index (χ3v) is 4.79. The van der Waals surface area contributed by atoms with Crippen LogP contribution in [0.5, 0.6) is 5.75 Å². The number of halogens is 2. The maximum absolute atomic E-state index is 11.7. The lowest BCUT2D eigenvalue weighted by Crippen LogP contribution is -2.30. The van der Waals surface area contributed by atoms with Gasteiger partial charge in [0.1, 0.15) is 10.8 Å². The van der Waals surface area contributed by atoms with Crippen LogP contribution in [0.3, 0.4) is 0 Å². The zero-order valence-electron chi connectivity index (χ0n) is 12.4. The minimum Gasteiger partial charge on any atom is -0.482 e. The number of carbonyl (C=O) groups excluding carboxylic acids is 1. The normalized spacial score (nSPS) is 10.3. The molecule has 3 nitrogen and oxygen atoms in total. The zero-order valence-corrected chi connectivity index (χ0v) is 14.8. The Bertz CT molecular complexity index is 638. The molecule has 0 aliphatic rings. The van der Waals surface area contributed by atoms with Crippen molar-refractivity contribution in [3.63, 3.8) is 0 Å². The van der Waals surface area contributed by atoms with Crippen LogP contribution in [0, 0.1) is 0 Å². The predicted molar refractivity (Wildman–Crippen MR) is 97.6 cm³/mol. The van der Waals surface area contributed by atoms with Gasteiger partial charge in [-0.15, -0.1) is 0 Å². The smallest absolute Gasteiger partial charge is 0.257 e. The van der Waals surface area contributed by atoms with Crippen molar-refractivity contribution in [2.24, 2.45) is 0 Å². The van der Waals surface area contributed by atoms with Crippen molar-refractivity contribution in [3.8, 4) is 5.75 Å². The molecule has 0 atom stereocenters. The first kappa shape index (κ1) is 18.0. The summed E-state index contributed by atoms with van der Waals surface area (Å²) in [4.78, 5) is 11.7. The molecule has 0 unspecified atom stereocenters. The van der Waals surface area contributed by atoms with Crippen LogP contribution in [-0.4, -0.2) is 24.8 Å². The molecule has 1 amide bonds. The van der Waals surface area contributed by atoms with Gasteiger partial charge in [-0.2, -0.15) is 11.8 Å². The second-order valence-corrected chi connectivity index (χ2v) is 6.62. The van der Waals surface area contributed by atoms with Gasteiger partial charge in [0.2, 0.25) is 0 Å². The SMILES string of the molecule is O=C(COc1cccc(Cl)c1Cl)NCCSCc1ccccc1. The molecule has 0 saturated carbocycles. The van der Waals surface area contributed by atoms with Crippen molar-refractivity contribution < 1.29 is 9.53 Å². The monoisotopic (exact) mass is 369 g/mol. The lowest BCUT2D eigenvalue weighted by Gasteiger charge is -2.09. The number of rotatable bonds is 8. The molecule has 0 aliphatic carbocycles. The zero-order chi connectivity index (χ0) is 16.5. The Morgan fingerprint density at radius 3 is 2.65 bits per heavy atom. The number of amides is 1. The largest absolute Gasteiger partial charge is 0.482 e. The van der Waals surface area contributed by atoms with Crippen LogP contribution in [0.1, 0.15) is 5.56 Å². The second-order valence-electron chi connectivity index (χ2n) is 4.73. The van der Waals surface area contributed by atoms with Crippen LogP contribution in [0.4, 0.5) is 0 Å². The van der Waals surface area contributed by atoms with E-state index in [1.165, 1.54) is 5.56 Å². The number of carbonyl (C=O) groups is 1. The van der Waals surface area contributed by atoms with Crippen molar-refractivity contribution in [1.29, 1.82) is 0 Å². The molecule has 0 heterocycles. The van der Waals surface area contributed by atoms with E-state index in [4.69, 9.17) is 27.9 Å². The topological polar surface area (TPSA) is 38.3 Å². The Morgan fingerprint density at radius 2 is 1.87 bits per heavy atom. The summed E-state index contributed by atoms with van der Waals surface area (Å²) in [5.41, 5.74) is 1.28. The van der Waals surface area contributed by atoms with Crippen LogP contribution in [0.2, 0.25) is 10.0 Å². The van der Waals surface area contributed by atoms with E-state index < -0.39 is 0 Å². The fourth-order valence-corrected chi connectivity index (χ4v) is 2.98. The van der Waals surface area contributed by atoms with Gasteiger partial charge in [0.15, 0.2) is 6.61 Å². The molecule has 122 valence electrons. The molecule has 23 heavy (non-hydrogen) atoms. The van der Waals surface area contributed by atoms with E-state index >= 15 is 0 Å². The lowest BCUT2D eigenvalue weighted by molar-refractivity contribution is -0.122. The Kier molecular flexibility index (Phi) is 7.59. The van der Waals surface area contributed by atoms with Crippen LogP contribution in [0.25, 0.3) is 0 Å². The minimum absolute atomic E-state index is 0.0799. The van der Waals surface area contributed by atoms with Crippen LogP contribution in [-0.2, 0) is 10.5 Å². The highest BCUT2D eigenvalue weighted by Crippen LogP contribution is 2.31. The van der Waals surface area contributed by atoms with Gasteiger partial charge in [0.25, 0.3) is 5.91 Å². The first-order valence-corrected chi connectivity index (χ1v) is 9.03. The van der Waals surface area contributed by atoms with E-state index in [2.05, 4.69) is 17.4 Å². The minimum atomic E-state index is -0.179. The van der Waals surface area contributed by atoms with Gasteiger partial charge >= 0.3 is 0 Å².